The van der Waals surface area contributed by atoms with Crippen LogP contribution >= 0.6 is 11.6 Å². The van der Waals surface area contributed by atoms with Gasteiger partial charge >= 0.3 is 6.03 Å². The predicted octanol–water partition coefficient (Wildman–Crippen LogP) is 4.10. The molecular weight excluding hydrogens is 272 g/mol. The molecule has 0 aromatic heterocycles. The van der Waals surface area contributed by atoms with E-state index in [0.717, 1.165) is 49.4 Å². The number of hydrogen-bond acceptors (Lipinski definition) is 1. The summed E-state index contributed by atoms with van der Waals surface area (Å²) in [6.45, 7) is 6.50. The van der Waals surface area contributed by atoms with Crippen molar-refractivity contribution in [3.63, 3.8) is 0 Å². The third kappa shape index (κ3) is 5.83. The molecule has 0 unspecified atom stereocenters. The number of carbonyl (C=O) groups is 1. The van der Waals surface area contributed by atoms with Gasteiger partial charge in [-0.3, -0.25) is 0 Å². The summed E-state index contributed by atoms with van der Waals surface area (Å²) >= 11 is 6.10. The molecule has 1 aromatic carbocycles. The lowest BCUT2D eigenvalue weighted by Gasteiger charge is -2.22. The number of nitrogens with one attached hydrogen (secondary N) is 1. The zero-order valence-corrected chi connectivity index (χ0v) is 13.2. The van der Waals surface area contributed by atoms with Crippen LogP contribution in [0.25, 0.3) is 0 Å². The van der Waals surface area contributed by atoms with Crippen molar-refractivity contribution in [3.05, 3.63) is 34.9 Å². The van der Waals surface area contributed by atoms with E-state index in [1.165, 1.54) is 0 Å². The van der Waals surface area contributed by atoms with Crippen LogP contribution in [0.1, 0.15) is 38.7 Å². The second kappa shape index (κ2) is 9.65. The molecule has 2 amide bonds. The van der Waals surface area contributed by atoms with Crippen molar-refractivity contribution < 1.29 is 4.79 Å². The monoisotopic (exact) mass is 296 g/mol. The fraction of sp³-hybridized carbons (Fsp3) is 0.562. The van der Waals surface area contributed by atoms with Crippen LogP contribution in [0.4, 0.5) is 4.79 Å². The van der Waals surface area contributed by atoms with Gasteiger partial charge < -0.3 is 10.2 Å². The quantitative estimate of drug-likeness (QED) is 0.769. The van der Waals surface area contributed by atoms with Crippen LogP contribution in [0.15, 0.2) is 24.3 Å². The average molecular weight is 297 g/mol. The average Bonchev–Trinajstić information content (AvgIpc) is 2.45. The third-order valence-electron chi connectivity index (χ3n) is 3.19. The fourth-order valence-electron chi connectivity index (χ4n) is 2.05. The standard InChI is InChI=1S/C16H25ClN2O/c1-3-5-13-19(12-4-2)16(20)18-11-10-14-8-6-7-9-15(14)17/h6-9H,3-5,10-13H2,1-2H3,(H,18,20). The van der Waals surface area contributed by atoms with Crippen LogP contribution in [0.2, 0.25) is 5.02 Å². The molecule has 3 nitrogen and oxygen atoms in total. The SMILES string of the molecule is CCCCN(CCC)C(=O)NCCc1ccccc1Cl. The van der Waals surface area contributed by atoms with Gasteiger partial charge in [0.25, 0.3) is 0 Å². The van der Waals surface area contributed by atoms with Crippen molar-refractivity contribution >= 4 is 17.6 Å². The van der Waals surface area contributed by atoms with E-state index >= 15 is 0 Å². The van der Waals surface area contributed by atoms with E-state index in [4.69, 9.17) is 11.6 Å². The van der Waals surface area contributed by atoms with Crippen LogP contribution in [0.5, 0.6) is 0 Å². The number of urea groups is 1. The Morgan fingerprint density at radius 2 is 1.95 bits per heavy atom. The molecule has 0 spiro atoms. The zero-order valence-electron chi connectivity index (χ0n) is 12.5. The van der Waals surface area contributed by atoms with Gasteiger partial charge in [0.2, 0.25) is 0 Å². The zero-order chi connectivity index (χ0) is 14.8. The maximum absolute atomic E-state index is 12.1. The first kappa shape index (κ1) is 16.8. The number of unbranched alkanes of at least 4 members (excludes halogenated alkanes) is 1. The first-order valence-corrected chi connectivity index (χ1v) is 7.83. The molecular formula is C16H25ClN2O. The molecule has 0 saturated carbocycles. The van der Waals surface area contributed by atoms with Gasteiger partial charge in [0.15, 0.2) is 0 Å². The van der Waals surface area contributed by atoms with Crippen molar-refractivity contribution in [2.45, 2.75) is 39.5 Å². The van der Waals surface area contributed by atoms with E-state index in [0.29, 0.717) is 6.54 Å². The molecule has 4 heteroatoms. The number of rotatable bonds is 8. The summed E-state index contributed by atoms with van der Waals surface area (Å²) in [7, 11) is 0. The molecule has 1 rings (SSSR count). The summed E-state index contributed by atoms with van der Waals surface area (Å²) in [5.41, 5.74) is 1.07. The number of benzene rings is 1. The highest BCUT2D eigenvalue weighted by Crippen LogP contribution is 2.14. The van der Waals surface area contributed by atoms with Crippen LogP contribution in [-0.2, 0) is 6.42 Å². The van der Waals surface area contributed by atoms with E-state index in [9.17, 15) is 4.79 Å². The normalized spacial score (nSPS) is 10.3. The summed E-state index contributed by atoms with van der Waals surface area (Å²) in [6, 6.07) is 7.79. The van der Waals surface area contributed by atoms with Crippen molar-refractivity contribution in [2.24, 2.45) is 0 Å². The molecule has 20 heavy (non-hydrogen) atoms. The molecule has 1 aromatic rings. The van der Waals surface area contributed by atoms with Crippen molar-refractivity contribution in [1.29, 1.82) is 0 Å². The molecule has 0 bridgehead atoms. The molecule has 0 aliphatic rings. The Hall–Kier alpha value is -1.22. The maximum Gasteiger partial charge on any atom is 0.317 e. The Labute approximate surface area is 127 Å². The van der Waals surface area contributed by atoms with Gasteiger partial charge in [0, 0.05) is 24.7 Å². The Balaban J connectivity index is 2.38. The van der Waals surface area contributed by atoms with Gasteiger partial charge in [-0.15, -0.1) is 0 Å². The minimum atomic E-state index is 0.0346. The number of carbonyl (C=O) groups excluding carboxylic acids is 1. The molecule has 0 aliphatic carbocycles. The molecule has 1 N–H and O–H groups in total. The summed E-state index contributed by atoms with van der Waals surface area (Å²) in [5, 5.41) is 3.74. The highest BCUT2D eigenvalue weighted by Gasteiger charge is 2.11. The maximum atomic E-state index is 12.1. The van der Waals surface area contributed by atoms with Gasteiger partial charge in [-0.1, -0.05) is 50.1 Å². The van der Waals surface area contributed by atoms with Crippen LogP contribution in [-0.4, -0.2) is 30.6 Å². The van der Waals surface area contributed by atoms with Crippen LogP contribution in [0, 0.1) is 0 Å². The van der Waals surface area contributed by atoms with Crippen molar-refractivity contribution in [3.8, 4) is 0 Å². The first-order valence-electron chi connectivity index (χ1n) is 7.45. The molecule has 112 valence electrons. The molecule has 0 radical (unpaired) electrons. The van der Waals surface area contributed by atoms with Crippen molar-refractivity contribution in [2.75, 3.05) is 19.6 Å². The van der Waals surface area contributed by atoms with E-state index in [1.54, 1.807) is 0 Å². The molecule has 0 atom stereocenters. The number of halogens is 1. The Kier molecular flexibility index (Phi) is 8.12. The van der Waals surface area contributed by atoms with E-state index < -0.39 is 0 Å². The predicted molar refractivity (Wildman–Crippen MR) is 85.3 cm³/mol. The largest absolute Gasteiger partial charge is 0.338 e. The first-order chi connectivity index (χ1) is 9.69. The number of amides is 2. The minimum Gasteiger partial charge on any atom is -0.338 e. The third-order valence-corrected chi connectivity index (χ3v) is 3.56. The lowest BCUT2D eigenvalue weighted by Crippen LogP contribution is -2.41. The summed E-state index contributed by atoms with van der Waals surface area (Å²) < 4.78 is 0. The number of hydrogen-bond donors (Lipinski definition) is 1. The lowest BCUT2D eigenvalue weighted by atomic mass is 10.1. The van der Waals surface area contributed by atoms with Gasteiger partial charge in [0.05, 0.1) is 0 Å². The van der Waals surface area contributed by atoms with Crippen LogP contribution < -0.4 is 5.32 Å². The molecule has 0 fully saturated rings. The summed E-state index contributed by atoms with van der Waals surface area (Å²) in [5.74, 6) is 0. The molecule has 0 aliphatic heterocycles. The fourth-order valence-corrected chi connectivity index (χ4v) is 2.28. The number of nitrogens with zero attached hydrogens (tertiary/aromatic N) is 1. The van der Waals surface area contributed by atoms with E-state index in [1.807, 2.05) is 29.2 Å². The molecule has 0 saturated heterocycles. The Bertz CT molecular complexity index is 409. The van der Waals surface area contributed by atoms with Crippen LogP contribution in [0.3, 0.4) is 0 Å². The Morgan fingerprint density at radius 3 is 2.60 bits per heavy atom. The van der Waals surface area contributed by atoms with Crippen molar-refractivity contribution in [1.82, 2.24) is 10.2 Å². The lowest BCUT2D eigenvalue weighted by molar-refractivity contribution is 0.197. The van der Waals surface area contributed by atoms with Gasteiger partial charge in [-0.05, 0) is 30.9 Å². The minimum absolute atomic E-state index is 0.0346. The second-order valence-corrected chi connectivity index (χ2v) is 5.32. The van der Waals surface area contributed by atoms with E-state index in [-0.39, 0.29) is 6.03 Å². The van der Waals surface area contributed by atoms with Gasteiger partial charge in [-0.25, -0.2) is 4.79 Å². The second-order valence-electron chi connectivity index (χ2n) is 4.91. The highest BCUT2D eigenvalue weighted by molar-refractivity contribution is 6.31. The highest BCUT2D eigenvalue weighted by atomic mass is 35.5. The Morgan fingerprint density at radius 1 is 1.20 bits per heavy atom. The summed E-state index contributed by atoms with van der Waals surface area (Å²) in [4.78, 5) is 14.0. The van der Waals surface area contributed by atoms with Gasteiger partial charge in [0.1, 0.15) is 0 Å². The van der Waals surface area contributed by atoms with Gasteiger partial charge in [-0.2, -0.15) is 0 Å². The molecule has 0 heterocycles. The topological polar surface area (TPSA) is 32.3 Å². The summed E-state index contributed by atoms with van der Waals surface area (Å²) in [6.07, 6.45) is 3.91. The smallest absolute Gasteiger partial charge is 0.317 e. The van der Waals surface area contributed by atoms with E-state index in [2.05, 4.69) is 19.2 Å².